The number of hydrogen-bond acceptors (Lipinski definition) is 6. The smallest absolute Gasteiger partial charge is 0.317 e. The predicted molar refractivity (Wildman–Crippen MR) is 92.9 cm³/mol. The number of carboxylic acids is 1. The highest BCUT2D eigenvalue weighted by atomic mass is 32.2. The number of carboxylic acid groups (broad SMARTS) is 1. The van der Waals surface area contributed by atoms with Gasteiger partial charge in [-0.15, -0.1) is 0 Å². The molecule has 0 aliphatic rings. The Balaban J connectivity index is 2.08. The van der Waals surface area contributed by atoms with Crippen molar-refractivity contribution in [2.45, 2.75) is 30.3 Å². The Hall–Kier alpha value is -2.61. The maximum Gasteiger partial charge on any atom is 0.317 e. The van der Waals surface area contributed by atoms with Crippen LogP contribution in [0.3, 0.4) is 0 Å². The molecule has 0 aliphatic heterocycles. The Morgan fingerprint density at radius 3 is 2.75 bits per heavy atom. The summed E-state index contributed by atoms with van der Waals surface area (Å²) in [5, 5.41) is 9.33. The first-order valence-corrected chi connectivity index (χ1v) is 8.38. The Kier molecular flexibility index (Phi) is 4.66. The van der Waals surface area contributed by atoms with E-state index in [1.807, 2.05) is 41.8 Å². The fourth-order valence-electron chi connectivity index (χ4n) is 2.37. The van der Waals surface area contributed by atoms with Crippen molar-refractivity contribution in [1.82, 2.24) is 19.5 Å². The van der Waals surface area contributed by atoms with Crippen LogP contribution in [0.2, 0.25) is 0 Å². The quantitative estimate of drug-likeness (QED) is 0.662. The Morgan fingerprint density at radius 2 is 2.08 bits per heavy atom. The molecule has 0 saturated heterocycles. The molecule has 3 rings (SSSR count). The Labute approximate surface area is 142 Å². The van der Waals surface area contributed by atoms with Crippen LogP contribution in [0.4, 0.5) is 5.82 Å². The minimum atomic E-state index is -0.861. The number of nitrogen functional groups attached to an aromatic ring is 1. The van der Waals surface area contributed by atoms with Gasteiger partial charge in [-0.1, -0.05) is 49.0 Å². The number of aliphatic carboxylic acids is 1. The molecule has 1 aromatic carbocycles. The zero-order valence-corrected chi connectivity index (χ0v) is 13.9. The largest absolute Gasteiger partial charge is 0.480 e. The van der Waals surface area contributed by atoms with Gasteiger partial charge in [-0.3, -0.25) is 9.36 Å². The van der Waals surface area contributed by atoms with Crippen molar-refractivity contribution >= 4 is 34.7 Å². The summed E-state index contributed by atoms with van der Waals surface area (Å²) in [6.45, 7) is 2.37. The van der Waals surface area contributed by atoms with Gasteiger partial charge in [0.1, 0.15) is 11.6 Å². The summed E-state index contributed by atoms with van der Waals surface area (Å²) in [7, 11) is 0. The van der Waals surface area contributed by atoms with Crippen LogP contribution >= 0.6 is 11.8 Å². The molecule has 2 aromatic heterocycles. The van der Waals surface area contributed by atoms with Crippen LogP contribution in [0.25, 0.3) is 11.2 Å². The molecular formula is C16H17N5O2S. The molecule has 0 spiro atoms. The number of aromatic nitrogens is 4. The van der Waals surface area contributed by atoms with Gasteiger partial charge in [0.05, 0.1) is 6.54 Å². The highest BCUT2D eigenvalue weighted by Gasteiger charge is 2.22. The molecule has 1 atom stereocenters. The second-order valence-electron chi connectivity index (χ2n) is 5.25. The summed E-state index contributed by atoms with van der Waals surface area (Å²) in [5.74, 6) is -0.572. The van der Waals surface area contributed by atoms with Crippen molar-refractivity contribution in [3.8, 4) is 0 Å². The van der Waals surface area contributed by atoms with E-state index in [4.69, 9.17) is 5.73 Å². The first-order valence-electron chi connectivity index (χ1n) is 7.50. The number of rotatable bonds is 6. The number of nitrogens with zero attached hydrogens (tertiary/aromatic N) is 4. The highest BCUT2D eigenvalue weighted by Crippen LogP contribution is 2.30. The average molecular weight is 343 g/mol. The zero-order chi connectivity index (χ0) is 17.1. The number of benzene rings is 1. The third-order valence-corrected chi connectivity index (χ3v) is 4.94. The lowest BCUT2D eigenvalue weighted by Gasteiger charge is -2.11. The third-order valence-electron chi connectivity index (χ3n) is 3.60. The fourth-order valence-corrected chi connectivity index (χ4v) is 3.31. The highest BCUT2D eigenvalue weighted by molar-refractivity contribution is 8.00. The maximum atomic E-state index is 11.4. The molecule has 124 valence electrons. The van der Waals surface area contributed by atoms with Crippen LogP contribution in [-0.2, 0) is 11.3 Å². The molecule has 0 saturated carbocycles. The summed E-state index contributed by atoms with van der Waals surface area (Å²) in [4.78, 5) is 24.1. The number of carbonyl (C=O) groups is 1. The normalized spacial score (nSPS) is 12.4. The maximum absolute atomic E-state index is 11.4. The van der Waals surface area contributed by atoms with Crippen molar-refractivity contribution in [3.05, 3.63) is 42.2 Å². The van der Waals surface area contributed by atoms with Gasteiger partial charge in [-0.05, 0) is 12.0 Å². The molecule has 0 unspecified atom stereocenters. The number of hydrogen-bond donors (Lipinski definition) is 2. The number of imidazole rings is 1. The monoisotopic (exact) mass is 343 g/mol. The van der Waals surface area contributed by atoms with Crippen molar-refractivity contribution in [1.29, 1.82) is 0 Å². The van der Waals surface area contributed by atoms with Gasteiger partial charge < -0.3 is 10.8 Å². The van der Waals surface area contributed by atoms with Crippen LogP contribution in [0.1, 0.15) is 18.9 Å². The van der Waals surface area contributed by atoms with Gasteiger partial charge in [-0.25, -0.2) is 15.0 Å². The summed E-state index contributed by atoms with van der Waals surface area (Å²) in [6, 6.07) is 9.86. The third kappa shape index (κ3) is 3.18. The van der Waals surface area contributed by atoms with E-state index in [1.54, 1.807) is 0 Å². The molecule has 0 fully saturated rings. The number of anilines is 1. The van der Waals surface area contributed by atoms with E-state index in [0.717, 1.165) is 5.56 Å². The minimum Gasteiger partial charge on any atom is -0.480 e. The van der Waals surface area contributed by atoms with Gasteiger partial charge >= 0.3 is 5.97 Å². The van der Waals surface area contributed by atoms with Gasteiger partial charge in [-0.2, -0.15) is 0 Å². The van der Waals surface area contributed by atoms with Crippen molar-refractivity contribution in [2.24, 2.45) is 0 Å². The molecule has 0 amide bonds. The molecule has 7 nitrogen and oxygen atoms in total. The van der Waals surface area contributed by atoms with Crippen LogP contribution in [-0.4, -0.2) is 35.8 Å². The summed E-state index contributed by atoms with van der Waals surface area (Å²) in [5.41, 5.74) is 8.07. The first-order chi connectivity index (χ1) is 11.6. The lowest BCUT2D eigenvalue weighted by molar-refractivity contribution is -0.136. The molecule has 3 aromatic rings. The van der Waals surface area contributed by atoms with E-state index in [2.05, 4.69) is 15.0 Å². The van der Waals surface area contributed by atoms with Gasteiger partial charge in [0.25, 0.3) is 0 Å². The Morgan fingerprint density at radius 1 is 1.33 bits per heavy atom. The molecule has 0 bridgehead atoms. The molecule has 3 N–H and O–H groups in total. The topological polar surface area (TPSA) is 107 Å². The van der Waals surface area contributed by atoms with Crippen molar-refractivity contribution < 1.29 is 9.90 Å². The number of nitrogens with two attached hydrogens (primary N) is 1. The molecule has 2 heterocycles. The van der Waals surface area contributed by atoms with Crippen molar-refractivity contribution in [3.63, 3.8) is 0 Å². The summed E-state index contributed by atoms with van der Waals surface area (Å²) in [6.07, 6.45) is 1.89. The summed E-state index contributed by atoms with van der Waals surface area (Å²) < 4.78 is 1.89. The lowest BCUT2D eigenvalue weighted by atomic mass is 10.2. The number of fused-ring (bicyclic) bond motifs is 1. The number of thioether (sulfide) groups is 1. The summed E-state index contributed by atoms with van der Waals surface area (Å²) >= 11 is 1.21. The second kappa shape index (κ2) is 6.88. The van der Waals surface area contributed by atoms with Crippen LogP contribution in [0, 0.1) is 0 Å². The van der Waals surface area contributed by atoms with Gasteiger partial charge in [0, 0.05) is 0 Å². The van der Waals surface area contributed by atoms with E-state index in [-0.39, 0.29) is 5.82 Å². The SMILES string of the molecule is CC[C@@H](Sc1nc2c(N)ncnc2n1Cc1ccccc1)C(=O)O. The Bertz CT molecular complexity index is 866. The van der Waals surface area contributed by atoms with E-state index in [1.165, 1.54) is 18.1 Å². The van der Waals surface area contributed by atoms with Crippen LogP contribution in [0.5, 0.6) is 0 Å². The molecule has 24 heavy (non-hydrogen) atoms. The van der Waals surface area contributed by atoms with E-state index in [9.17, 15) is 9.90 Å². The van der Waals surface area contributed by atoms with Crippen LogP contribution < -0.4 is 5.73 Å². The van der Waals surface area contributed by atoms with E-state index < -0.39 is 11.2 Å². The fraction of sp³-hybridized carbons (Fsp3) is 0.250. The first kappa shape index (κ1) is 16.3. The second-order valence-corrected chi connectivity index (χ2v) is 6.42. The van der Waals surface area contributed by atoms with E-state index in [0.29, 0.717) is 29.3 Å². The molecular weight excluding hydrogens is 326 g/mol. The standard InChI is InChI=1S/C16H17N5O2S/c1-2-11(15(22)23)24-16-20-12-13(17)18-9-19-14(12)21(16)8-10-6-4-3-5-7-10/h3-7,9,11H,2,8H2,1H3,(H,22,23)(H2,17,18,19)/t11-/m1/s1. The van der Waals surface area contributed by atoms with Gasteiger partial charge in [0.2, 0.25) is 0 Å². The van der Waals surface area contributed by atoms with Crippen molar-refractivity contribution in [2.75, 3.05) is 5.73 Å². The molecule has 8 heteroatoms. The molecule has 0 radical (unpaired) electrons. The van der Waals surface area contributed by atoms with Gasteiger partial charge in [0.15, 0.2) is 22.1 Å². The predicted octanol–water partition coefficient (Wildman–Crippen LogP) is 2.41. The molecule has 0 aliphatic carbocycles. The zero-order valence-electron chi connectivity index (χ0n) is 13.1. The van der Waals surface area contributed by atoms with E-state index >= 15 is 0 Å². The minimum absolute atomic E-state index is 0.289. The van der Waals surface area contributed by atoms with Crippen LogP contribution in [0.15, 0.2) is 41.8 Å². The lowest BCUT2D eigenvalue weighted by Crippen LogP contribution is -2.16. The average Bonchev–Trinajstić information content (AvgIpc) is 2.92.